The Labute approximate surface area is 126 Å². The lowest BCUT2D eigenvalue weighted by Gasteiger charge is -2.59. The number of aliphatic carboxylic acids is 1. The zero-order valence-electron chi connectivity index (χ0n) is 13.9. The van der Waals surface area contributed by atoms with Crippen LogP contribution in [-0.4, -0.2) is 52.2 Å². The van der Waals surface area contributed by atoms with Gasteiger partial charge in [0.1, 0.15) is 12.1 Å². The molecule has 0 aromatic rings. The van der Waals surface area contributed by atoms with Gasteiger partial charge in [-0.2, -0.15) is 0 Å². The predicted octanol–water partition coefficient (Wildman–Crippen LogP) is 1.23. The van der Waals surface area contributed by atoms with Gasteiger partial charge in [-0.25, -0.2) is 0 Å². The minimum absolute atomic E-state index is 0.0805. The number of ether oxygens (including phenoxy) is 1. The molecular formula is C15H28N2O4. The van der Waals surface area contributed by atoms with Crippen LogP contribution in [0.4, 0.5) is 0 Å². The summed E-state index contributed by atoms with van der Waals surface area (Å²) >= 11 is 0. The normalized spacial score (nSPS) is 27.9. The molecule has 6 heteroatoms. The smallest absolute Gasteiger partial charge is 0.323 e. The molecule has 1 fully saturated rings. The molecule has 0 spiro atoms. The Morgan fingerprint density at radius 1 is 1.38 bits per heavy atom. The second kappa shape index (κ2) is 5.57. The highest BCUT2D eigenvalue weighted by Gasteiger charge is 2.64. The molecule has 1 aliphatic rings. The van der Waals surface area contributed by atoms with E-state index in [1.807, 2.05) is 41.5 Å². The molecule has 0 aliphatic heterocycles. The van der Waals surface area contributed by atoms with Crippen LogP contribution < -0.4 is 5.73 Å². The lowest BCUT2D eigenvalue weighted by molar-refractivity contribution is -0.184. The monoisotopic (exact) mass is 300 g/mol. The van der Waals surface area contributed by atoms with Crippen LogP contribution in [0.2, 0.25) is 0 Å². The third-order valence-corrected chi connectivity index (χ3v) is 4.56. The van der Waals surface area contributed by atoms with Crippen molar-refractivity contribution in [3.8, 4) is 0 Å². The molecule has 2 unspecified atom stereocenters. The first-order chi connectivity index (χ1) is 9.38. The van der Waals surface area contributed by atoms with Crippen molar-refractivity contribution in [1.82, 2.24) is 4.90 Å². The van der Waals surface area contributed by atoms with Crippen LogP contribution in [0.3, 0.4) is 0 Å². The van der Waals surface area contributed by atoms with Gasteiger partial charge in [-0.05, 0) is 27.7 Å². The van der Waals surface area contributed by atoms with Gasteiger partial charge in [-0.1, -0.05) is 13.8 Å². The van der Waals surface area contributed by atoms with E-state index in [4.69, 9.17) is 15.6 Å². The second-order valence-corrected chi connectivity index (χ2v) is 7.30. The van der Waals surface area contributed by atoms with Crippen LogP contribution in [0.1, 0.15) is 48.0 Å². The lowest BCUT2D eigenvalue weighted by Crippen LogP contribution is -2.77. The quantitative estimate of drug-likeness (QED) is 0.796. The number of hydrogen-bond acceptors (Lipinski definition) is 4. The number of rotatable bonds is 5. The van der Waals surface area contributed by atoms with Crippen molar-refractivity contribution in [2.75, 3.05) is 13.2 Å². The summed E-state index contributed by atoms with van der Waals surface area (Å²) in [6.07, 6.45) is 0.335. The van der Waals surface area contributed by atoms with Crippen LogP contribution in [0, 0.1) is 5.41 Å². The fourth-order valence-corrected chi connectivity index (χ4v) is 2.79. The van der Waals surface area contributed by atoms with Gasteiger partial charge in [0.15, 0.2) is 0 Å². The first kappa shape index (κ1) is 17.9. The molecular weight excluding hydrogens is 272 g/mol. The Kier molecular flexibility index (Phi) is 4.75. The van der Waals surface area contributed by atoms with Crippen LogP contribution in [0.25, 0.3) is 0 Å². The largest absolute Gasteiger partial charge is 0.480 e. The fourth-order valence-electron chi connectivity index (χ4n) is 2.79. The summed E-state index contributed by atoms with van der Waals surface area (Å²) in [7, 11) is 0. The summed E-state index contributed by atoms with van der Waals surface area (Å²) in [5.74, 6) is -1.36. The van der Waals surface area contributed by atoms with E-state index in [1.54, 1.807) is 0 Å². The number of hydrogen-bond donors (Lipinski definition) is 2. The van der Waals surface area contributed by atoms with Gasteiger partial charge in [-0.3, -0.25) is 9.59 Å². The molecule has 0 radical (unpaired) electrons. The van der Waals surface area contributed by atoms with Crippen molar-refractivity contribution in [2.45, 2.75) is 65.1 Å². The van der Waals surface area contributed by atoms with Gasteiger partial charge in [-0.15, -0.1) is 0 Å². The molecule has 1 saturated carbocycles. The summed E-state index contributed by atoms with van der Waals surface area (Å²) in [6.45, 7) is 11.3. The second-order valence-electron chi connectivity index (χ2n) is 7.30. The van der Waals surface area contributed by atoms with Gasteiger partial charge in [0, 0.05) is 24.0 Å². The molecule has 0 heterocycles. The van der Waals surface area contributed by atoms with Crippen molar-refractivity contribution in [3.05, 3.63) is 0 Å². The van der Waals surface area contributed by atoms with Crippen molar-refractivity contribution >= 4 is 11.9 Å². The number of nitrogens with two attached hydrogens (primary N) is 1. The maximum atomic E-state index is 12.9. The van der Waals surface area contributed by atoms with Crippen molar-refractivity contribution in [3.63, 3.8) is 0 Å². The molecule has 21 heavy (non-hydrogen) atoms. The molecule has 1 rings (SSSR count). The van der Waals surface area contributed by atoms with E-state index in [-0.39, 0.29) is 18.6 Å². The zero-order chi connectivity index (χ0) is 16.6. The average molecular weight is 300 g/mol. The molecule has 122 valence electrons. The number of carbonyl (C=O) groups excluding carboxylic acids is 1. The van der Waals surface area contributed by atoms with E-state index in [0.717, 1.165) is 0 Å². The van der Waals surface area contributed by atoms with Crippen LogP contribution in [0.5, 0.6) is 0 Å². The van der Waals surface area contributed by atoms with E-state index >= 15 is 0 Å². The van der Waals surface area contributed by atoms with Gasteiger partial charge < -0.3 is 20.5 Å². The molecule has 2 atom stereocenters. The summed E-state index contributed by atoms with van der Waals surface area (Å²) in [5.41, 5.74) is 4.14. The van der Waals surface area contributed by atoms with E-state index in [2.05, 4.69) is 0 Å². The fraction of sp³-hybridized carbons (Fsp3) is 0.867. The minimum atomic E-state index is -1.09. The van der Waals surface area contributed by atoms with Crippen LogP contribution in [-0.2, 0) is 14.3 Å². The summed E-state index contributed by atoms with van der Waals surface area (Å²) in [5, 5.41) is 9.06. The maximum Gasteiger partial charge on any atom is 0.323 e. The highest BCUT2D eigenvalue weighted by atomic mass is 16.5. The third kappa shape index (κ3) is 3.06. The number of carbonyl (C=O) groups is 2. The Bertz CT molecular complexity index is 428. The van der Waals surface area contributed by atoms with Gasteiger partial charge >= 0.3 is 5.97 Å². The lowest BCUT2D eigenvalue weighted by atomic mass is 9.54. The zero-order valence-corrected chi connectivity index (χ0v) is 13.9. The van der Waals surface area contributed by atoms with Crippen LogP contribution >= 0.6 is 0 Å². The predicted molar refractivity (Wildman–Crippen MR) is 79.8 cm³/mol. The van der Waals surface area contributed by atoms with Gasteiger partial charge in [0.2, 0.25) is 5.91 Å². The standard InChI is InChI=1S/C15H28N2O4/c1-7-21-10-8-15(16,14(10,5)6)12(20)17(9-11(18)19)13(2,3)4/h10H,7-9,16H2,1-6H3,(H,18,19). The number of carboxylic acids is 1. The molecule has 1 amide bonds. The Morgan fingerprint density at radius 2 is 1.90 bits per heavy atom. The summed E-state index contributed by atoms with van der Waals surface area (Å²) in [6, 6.07) is 0. The van der Waals surface area contributed by atoms with E-state index < -0.39 is 22.5 Å². The highest BCUT2D eigenvalue weighted by molar-refractivity contribution is 5.91. The van der Waals surface area contributed by atoms with E-state index in [1.165, 1.54) is 4.90 Å². The maximum absolute atomic E-state index is 12.9. The number of amides is 1. The molecule has 1 aliphatic carbocycles. The first-order valence-corrected chi connectivity index (χ1v) is 7.32. The number of nitrogens with zero attached hydrogens (tertiary/aromatic N) is 1. The Morgan fingerprint density at radius 3 is 2.24 bits per heavy atom. The molecule has 0 saturated heterocycles. The van der Waals surface area contributed by atoms with Gasteiger partial charge in [0.05, 0.1) is 6.10 Å². The third-order valence-electron chi connectivity index (χ3n) is 4.56. The number of carboxylic acid groups (broad SMARTS) is 1. The molecule has 0 bridgehead atoms. The topological polar surface area (TPSA) is 92.9 Å². The van der Waals surface area contributed by atoms with Crippen molar-refractivity contribution in [2.24, 2.45) is 11.1 Å². The van der Waals surface area contributed by atoms with Crippen molar-refractivity contribution in [1.29, 1.82) is 0 Å². The first-order valence-electron chi connectivity index (χ1n) is 7.32. The Balaban J connectivity index is 3.02. The molecule has 6 nitrogen and oxygen atoms in total. The van der Waals surface area contributed by atoms with Crippen molar-refractivity contribution < 1.29 is 19.4 Å². The average Bonchev–Trinajstić information content (AvgIpc) is 2.33. The summed E-state index contributed by atoms with van der Waals surface area (Å²) in [4.78, 5) is 25.3. The SMILES string of the molecule is CCOC1CC(N)(C(=O)N(CC(=O)O)C(C)(C)C)C1(C)C. The summed E-state index contributed by atoms with van der Waals surface area (Å²) < 4.78 is 5.62. The highest BCUT2D eigenvalue weighted by Crippen LogP contribution is 2.51. The van der Waals surface area contributed by atoms with Gasteiger partial charge in [0.25, 0.3) is 0 Å². The minimum Gasteiger partial charge on any atom is -0.480 e. The molecule has 0 aromatic carbocycles. The molecule has 3 N–H and O–H groups in total. The van der Waals surface area contributed by atoms with E-state index in [0.29, 0.717) is 13.0 Å². The molecule has 0 aromatic heterocycles. The van der Waals surface area contributed by atoms with Crippen LogP contribution in [0.15, 0.2) is 0 Å². The van der Waals surface area contributed by atoms with E-state index in [9.17, 15) is 9.59 Å². The Hall–Kier alpha value is -1.14.